The molecule has 1 N–H and O–H groups in total. The molecule has 2 aromatic heterocycles. The molecule has 1 aliphatic rings. The molecule has 3 heterocycles. The normalized spacial score (nSPS) is 16.2. The quantitative estimate of drug-likeness (QED) is 0.609. The lowest BCUT2D eigenvalue weighted by Gasteiger charge is -2.22. The van der Waals surface area contributed by atoms with Gasteiger partial charge in [-0.05, 0) is 13.0 Å². The monoisotopic (exact) mass is 436 g/mol. The molecule has 4 rings (SSSR count). The number of nitrogens with one attached hydrogen (secondary N) is 1. The van der Waals surface area contributed by atoms with Crippen LogP contribution in [0.4, 0.5) is 19.0 Å². The number of hydrogen-bond acceptors (Lipinski definition) is 6. The van der Waals surface area contributed by atoms with Crippen LogP contribution in [0.25, 0.3) is 10.9 Å². The van der Waals surface area contributed by atoms with E-state index in [2.05, 4.69) is 20.3 Å². The summed E-state index contributed by atoms with van der Waals surface area (Å²) in [6.45, 7) is 2.51. The summed E-state index contributed by atoms with van der Waals surface area (Å²) in [6.07, 6.45) is -0.492. The first-order valence-corrected chi connectivity index (χ1v) is 11.6. The summed E-state index contributed by atoms with van der Waals surface area (Å²) >= 11 is 0. The van der Waals surface area contributed by atoms with E-state index in [4.69, 9.17) is 4.74 Å². The Morgan fingerprint density at radius 1 is 1.23 bits per heavy atom. The summed E-state index contributed by atoms with van der Waals surface area (Å²) in [4.78, 5) is 13.1. The highest BCUT2D eigenvalue weighted by atomic mass is 31.2. The van der Waals surface area contributed by atoms with E-state index in [0.717, 1.165) is 6.07 Å². The van der Waals surface area contributed by atoms with E-state index < -0.39 is 24.9 Å². The van der Waals surface area contributed by atoms with Gasteiger partial charge in [-0.1, -0.05) is 18.2 Å². The van der Waals surface area contributed by atoms with E-state index in [1.54, 1.807) is 19.2 Å². The summed E-state index contributed by atoms with van der Waals surface area (Å²) in [5, 5.41) is 3.61. The molecule has 1 aromatic carbocycles. The van der Waals surface area contributed by atoms with Crippen LogP contribution in [0, 0.1) is 12.7 Å². The van der Waals surface area contributed by atoms with Crippen molar-refractivity contribution < 1.29 is 22.5 Å². The van der Waals surface area contributed by atoms with Gasteiger partial charge in [0.25, 0.3) is 6.43 Å². The van der Waals surface area contributed by atoms with Crippen LogP contribution in [0.2, 0.25) is 0 Å². The first kappa shape index (κ1) is 20.8. The van der Waals surface area contributed by atoms with E-state index in [-0.39, 0.29) is 12.1 Å². The summed E-state index contributed by atoms with van der Waals surface area (Å²) in [5.74, 6) is -0.0639. The van der Waals surface area contributed by atoms with Gasteiger partial charge in [-0.2, -0.15) is 0 Å². The number of aryl methyl sites for hydroxylation is 1. The molecule has 0 spiro atoms. The Morgan fingerprint density at radius 2 is 2.00 bits per heavy atom. The maximum Gasteiger partial charge on any atom is 0.266 e. The molecule has 0 saturated carbocycles. The van der Waals surface area contributed by atoms with Crippen molar-refractivity contribution in [3.05, 3.63) is 53.2 Å². The van der Waals surface area contributed by atoms with Gasteiger partial charge in [-0.3, -0.25) is 4.98 Å². The second kappa shape index (κ2) is 8.32. The van der Waals surface area contributed by atoms with Crippen LogP contribution >= 0.6 is 7.14 Å². The molecule has 30 heavy (non-hydrogen) atoms. The maximum absolute atomic E-state index is 14.4. The lowest BCUT2D eigenvalue weighted by atomic mass is 10.1. The second-order valence-electron chi connectivity index (χ2n) is 7.10. The van der Waals surface area contributed by atoms with Gasteiger partial charge in [0.2, 0.25) is 0 Å². The predicted octanol–water partition coefficient (Wildman–Crippen LogP) is 4.04. The minimum atomic E-state index is -2.89. The fraction of sp³-hybridized carbons (Fsp3) is 0.350. The van der Waals surface area contributed by atoms with Crippen LogP contribution < -0.4 is 10.8 Å². The van der Waals surface area contributed by atoms with Gasteiger partial charge in [0.1, 0.15) is 30.0 Å². The Labute approximate surface area is 171 Å². The number of benzene rings is 1. The molecule has 10 heteroatoms. The third-order valence-electron chi connectivity index (χ3n) is 5.08. The Bertz CT molecular complexity index is 1130. The Morgan fingerprint density at radius 3 is 2.73 bits per heavy atom. The van der Waals surface area contributed by atoms with E-state index in [9.17, 15) is 17.7 Å². The number of fused-ring (bicyclic) bond motifs is 1. The van der Waals surface area contributed by atoms with Crippen molar-refractivity contribution in [1.29, 1.82) is 0 Å². The molecule has 1 saturated heterocycles. The van der Waals surface area contributed by atoms with E-state index in [1.165, 1.54) is 12.1 Å². The third kappa shape index (κ3) is 4.04. The molecule has 0 aliphatic carbocycles. The largest absolute Gasteiger partial charge is 0.380 e. The third-order valence-corrected chi connectivity index (χ3v) is 7.97. The van der Waals surface area contributed by atoms with Crippen LogP contribution in [0.15, 0.2) is 30.5 Å². The van der Waals surface area contributed by atoms with Gasteiger partial charge >= 0.3 is 0 Å². The Kier molecular flexibility index (Phi) is 5.75. The number of ether oxygens (including phenoxy) is 1. The number of pyridine rings is 1. The maximum atomic E-state index is 14.4. The first-order chi connectivity index (χ1) is 14.4. The molecule has 6 nitrogen and oxygen atoms in total. The van der Waals surface area contributed by atoms with Gasteiger partial charge in [0, 0.05) is 29.8 Å². The molecule has 0 bridgehead atoms. The highest BCUT2D eigenvalue weighted by molar-refractivity contribution is 7.71. The molecule has 1 fully saturated rings. The Balaban J connectivity index is 1.69. The number of rotatable bonds is 5. The van der Waals surface area contributed by atoms with E-state index in [1.807, 2.05) is 0 Å². The zero-order valence-electron chi connectivity index (χ0n) is 16.2. The number of aromatic nitrogens is 3. The van der Waals surface area contributed by atoms with Crippen LogP contribution in [0.3, 0.4) is 0 Å². The van der Waals surface area contributed by atoms with Gasteiger partial charge < -0.3 is 14.6 Å². The summed E-state index contributed by atoms with van der Waals surface area (Å²) in [7, 11) is -2.67. The molecule has 0 unspecified atom stereocenters. The molecule has 0 radical (unpaired) electrons. The molecule has 0 atom stereocenters. The smallest absolute Gasteiger partial charge is 0.266 e. The van der Waals surface area contributed by atoms with Crippen LogP contribution in [0.1, 0.15) is 23.4 Å². The second-order valence-corrected chi connectivity index (χ2v) is 10.2. The lowest BCUT2D eigenvalue weighted by molar-refractivity contribution is 0.146. The lowest BCUT2D eigenvalue weighted by Crippen LogP contribution is -2.24. The highest BCUT2D eigenvalue weighted by Crippen LogP contribution is 2.45. The minimum Gasteiger partial charge on any atom is -0.380 e. The highest BCUT2D eigenvalue weighted by Gasteiger charge is 2.29. The Hall–Kier alpha value is -2.51. The molecule has 0 amide bonds. The molecular formula is C20H20F3N4O2P. The van der Waals surface area contributed by atoms with Crippen LogP contribution in [-0.4, -0.2) is 40.5 Å². The van der Waals surface area contributed by atoms with E-state index >= 15 is 0 Å². The van der Waals surface area contributed by atoms with Crippen molar-refractivity contribution in [2.75, 3.05) is 30.9 Å². The van der Waals surface area contributed by atoms with Gasteiger partial charge in [-0.15, -0.1) is 0 Å². The van der Waals surface area contributed by atoms with E-state index in [0.29, 0.717) is 53.5 Å². The van der Waals surface area contributed by atoms with Gasteiger partial charge in [0.05, 0.1) is 30.5 Å². The standard InChI is InChI=1S/C20H20F3N4O2P/c1-12-26-16-11-24-17(30(28)7-5-29-6-8-30)9-15(16)20(27-12)25-10-13-3-2-4-14(18(13)21)19(22)23/h2-4,9,11,19H,5-8,10H2,1H3,(H,25,26,27). The van der Waals surface area contributed by atoms with Crippen molar-refractivity contribution >= 4 is 29.3 Å². The zero-order chi connectivity index (χ0) is 21.3. The van der Waals surface area contributed by atoms with Crippen molar-refractivity contribution in [3.8, 4) is 0 Å². The van der Waals surface area contributed by atoms with Crippen molar-refractivity contribution in [3.63, 3.8) is 0 Å². The molecule has 1 aliphatic heterocycles. The summed E-state index contributed by atoms with van der Waals surface area (Å²) < 4.78 is 58.9. The fourth-order valence-corrected chi connectivity index (χ4v) is 5.61. The SMILES string of the molecule is Cc1nc(NCc2cccc(C(F)F)c2F)c2cc(P3(=O)CCOCC3)ncc2n1. The number of nitrogens with zero attached hydrogens (tertiary/aromatic N) is 3. The summed E-state index contributed by atoms with van der Waals surface area (Å²) in [6, 6.07) is 5.60. The van der Waals surface area contributed by atoms with Gasteiger partial charge in [0.15, 0.2) is 0 Å². The minimum absolute atomic E-state index is 0.0406. The van der Waals surface area contributed by atoms with Crippen molar-refractivity contribution in [2.24, 2.45) is 0 Å². The van der Waals surface area contributed by atoms with Crippen LogP contribution in [-0.2, 0) is 15.8 Å². The predicted molar refractivity (Wildman–Crippen MR) is 109 cm³/mol. The van der Waals surface area contributed by atoms with Crippen molar-refractivity contribution in [2.45, 2.75) is 19.9 Å². The number of hydrogen-bond donors (Lipinski definition) is 1. The average molecular weight is 436 g/mol. The topological polar surface area (TPSA) is 77.0 Å². The first-order valence-electron chi connectivity index (χ1n) is 9.47. The van der Waals surface area contributed by atoms with Crippen LogP contribution in [0.5, 0.6) is 0 Å². The number of alkyl halides is 2. The fourth-order valence-electron chi connectivity index (χ4n) is 3.45. The van der Waals surface area contributed by atoms with Crippen molar-refractivity contribution in [1.82, 2.24) is 15.0 Å². The average Bonchev–Trinajstić information content (AvgIpc) is 2.72. The molecule has 158 valence electrons. The molecule has 3 aromatic rings. The zero-order valence-corrected chi connectivity index (χ0v) is 17.1. The number of halogens is 3. The number of anilines is 1. The van der Waals surface area contributed by atoms with Gasteiger partial charge in [-0.25, -0.2) is 23.1 Å². The summed E-state index contributed by atoms with van der Waals surface area (Å²) in [5.41, 5.74) is 0.501. The molecular weight excluding hydrogens is 416 g/mol.